The van der Waals surface area contributed by atoms with Crippen LogP contribution in [0.25, 0.3) is 10.5 Å². The van der Waals surface area contributed by atoms with Gasteiger partial charge in [-0.3, -0.25) is 0 Å². The lowest BCUT2D eigenvalue weighted by Gasteiger charge is -2.18. The van der Waals surface area contributed by atoms with E-state index in [4.69, 9.17) is 9.47 Å². The molecule has 0 bridgehead atoms. The third-order valence-corrected chi connectivity index (χ3v) is 6.21. The second kappa shape index (κ2) is 10.7. The summed E-state index contributed by atoms with van der Waals surface area (Å²) in [7, 11) is 1.69. The van der Waals surface area contributed by atoms with Crippen LogP contribution in [0.1, 0.15) is 23.6 Å². The molecule has 160 valence electrons. The van der Waals surface area contributed by atoms with E-state index in [1.165, 1.54) is 20.9 Å². The molecule has 0 unspecified atom stereocenters. The van der Waals surface area contributed by atoms with Gasteiger partial charge in [0.25, 0.3) is 0 Å². The molecule has 3 heteroatoms. The van der Waals surface area contributed by atoms with E-state index in [1.807, 2.05) is 37.3 Å². The summed E-state index contributed by atoms with van der Waals surface area (Å²) in [5.41, 5.74) is 4.65. The molecule has 2 nitrogen and oxygen atoms in total. The average Bonchev–Trinajstić information content (AvgIpc) is 2.86. The Balaban J connectivity index is 1.93. The fraction of sp³-hybridized carbons (Fsp3) is 0.103. The molecule has 0 N–H and O–H groups in total. The smallest absolute Gasteiger partial charge is 0.119 e. The number of thioether (sulfide) groups is 1. The summed E-state index contributed by atoms with van der Waals surface area (Å²) in [5, 5.41) is 0. The zero-order valence-corrected chi connectivity index (χ0v) is 19.1. The van der Waals surface area contributed by atoms with E-state index < -0.39 is 0 Å². The van der Waals surface area contributed by atoms with Gasteiger partial charge in [-0.15, -0.1) is 0 Å². The van der Waals surface area contributed by atoms with Gasteiger partial charge in [0.1, 0.15) is 11.5 Å². The molecule has 0 aromatic heterocycles. The van der Waals surface area contributed by atoms with Crippen LogP contribution in [0.2, 0.25) is 0 Å². The van der Waals surface area contributed by atoms with Crippen molar-refractivity contribution in [2.75, 3.05) is 13.7 Å². The van der Waals surface area contributed by atoms with Crippen LogP contribution in [-0.4, -0.2) is 13.7 Å². The van der Waals surface area contributed by atoms with Gasteiger partial charge in [-0.25, -0.2) is 0 Å². The maximum atomic E-state index is 5.68. The molecule has 0 aliphatic carbocycles. The van der Waals surface area contributed by atoms with Gasteiger partial charge in [0, 0.05) is 15.4 Å². The number of hydrogen-bond donors (Lipinski definition) is 0. The maximum absolute atomic E-state index is 5.68. The molecule has 32 heavy (non-hydrogen) atoms. The SMILES string of the molecule is CCOc1ccc(/C(Sc2ccccc2)=C(/c2ccccc2)c2ccc(OC)cc2)cc1. The largest absolute Gasteiger partial charge is 0.497 e. The van der Waals surface area contributed by atoms with Gasteiger partial charge in [0.15, 0.2) is 0 Å². The minimum Gasteiger partial charge on any atom is -0.497 e. The van der Waals surface area contributed by atoms with Crippen molar-refractivity contribution in [1.82, 2.24) is 0 Å². The summed E-state index contributed by atoms with van der Waals surface area (Å²) >= 11 is 1.78. The van der Waals surface area contributed by atoms with Crippen LogP contribution >= 0.6 is 11.8 Å². The molecular weight excluding hydrogens is 412 g/mol. The molecule has 0 fully saturated rings. The molecule has 4 aromatic rings. The lowest BCUT2D eigenvalue weighted by atomic mass is 9.95. The summed E-state index contributed by atoms with van der Waals surface area (Å²) in [5.74, 6) is 1.73. The molecule has 4 rings (SSSR count). The summed E-state index contributed by atoms with van der Waals surface area (Å²) in [6.07, 6.45) is 0. The Morgan fingerprint density at radius 1 is 0.625 bits per heavy atom. The minimum atomic E-state index is 0.655. The van der Waals surface area contributed by atoms with Crippen molar-refractivity contribution < 1.29 is 9.47 Å². The first-order chi connectivity index (χ1) is 15.8. The minimum absolute atomic E-state index is 0.655. The highest BCUT2D eigenvalue weighted by Crippen LogP contribution is 2.43. The lowest BCUT2D eigenvalue weighted by Crippen LogP contribution is -1.95. The van der Waals surface area contributed by atoms with Crippen molar-refractivity contribution in [3.8, 4) is 11.5 Å². The van der Waals surface area contributed by atoms with Crippen molar-refractivity contribution >= 4 is 22.2 Å². The number of hydrogen-bond acceptors (Lipinski definition) is 3. The Kier molecular flexibility index (Phi) is 7.31. The molecule has 0 aliphatic heterocycles. The second-order valence-corrected chi connectivity index (χ2v) is 8.25. The molecule has 0 saturated heterocycles. The summed E-state index contributed by atoms with van der Waals surface area (Å²) in [6.45, 7) is 2.66. The normalized spacial score (nSPS) is 11.6. The van der Waals surface area contributed by atoms with Gasteiger partial charge in [-0.2, -0.15) is 0 Å². The Hall–Kier alpha value is -3.43. The first kappa shape index (κ1) is 21.8. The third kappa shape index (κ3) is 5.24. The highest BCUT2D eigenvalue weighted by atomic mass is 32.2. The van der Waals surface area contributed by atoms with Gasteiger partial charge in [0.05, 0.1) is 13.7 Å². The Morgan fingerprint density at radius 2 is 1.16 bits per heavy atom. The van der Waals surface area contributed by atoms with E-state index in [0.29, 0.717) is 6.61 Å². The predicted molar refractivity (Wildman–Crippen MR) is 135 cm³/mol. The lowest BCUT2D eigenvalue weighted by molar-refractivity contribution is 0.340. The van der Waals surface area contributed by atoms with Crippen LogP contribution in [0, 0.1) is 0 Å². The van der Waals surface area contributed by atoms with E-state index in [-0.39, 0.29) is 0 Å². The number of ether oxygens (including phenoxy) is 2. The van der Waals surface area contributed by atoms with Gasteiger partial charge in [-0.05, 0) is 60.0 Å². The van der Waals surface area contributed by atoms with Crippen molar-refractivity contribution in [2.24, 2.45) is 0 Å². The Morgan fingerprint density at radius 3 is 1.75 bits per heavy atom. The molecule has 0 saturated carbocycles. The maximum Gasteiger partial charge on any atom is 0.119 e. The van der Waals surface area contributed by atoms with E-state index in [9.17, 15) is 0 Å². The van der Waals surface area contributed by atoms with Crippen molar-refractivity contribution in [3.05, 3.63) is 126 Å². The molecule has 0 amide bonds. The average molecular weight is 439 g/mol. The molecule has 0 heterocycles. The zero-order valence-electron chi connectivity index (χ0n) is 18.3. The topological polar surface area (TPSA) is 18.5 Å². The highest BCUT2D eigenvalue weighted by molar-refractivity contribution is 8.08. The summed E-state index contributed by atoms with van der Waals surface area (Å²) < 4.78 is 11.1. The molecule has 0 spiro atoms. The zero-order chi connectivity index (χ0) is 22.2. The van der Waals surface area contributed by atoms with Crippen LogP contribution in [0.15, 0.2) is 114 Å². The summed E-state index contributed by atoms with van der Waals surface area (Å²) in [4.78, 5) is 2.38. The number of rotatable bonds is 8. The van der Waals surface area contributed by atoms with E-state index in [1.54, 1.807) is 18.9 Å². The monoisotopic (exact) mass is 438 g/mol. The van der Waals surface area contributed by atoms with Crippen LogP contribution in [0.4, 0.5) is 0 Å². The Bertz CT molecular complexity index is 1150. The van der Waals surface area contributed by atoms with E-state index in [0.717, 1.165) is 22.6 Å². The van der Waals surface area contributed by atoms with Crippen LogP contribution in [0.3, 0.4) is 0 Å². The van der Waals surface area contributed by atoms with E-state index >= 15 is 0 Å². The molecule has 0 atom stereocenters. The van der Waals surface area contributed by atoms with Crippen molar-refractivity contribution in [3.63, 3.8) is 0 Å². The fourth-order valence-electron chi connectivity index (χ4n) is 3.52. The first-order valence-corrected chi connectivity index (χ1v) is 11.5. The predicted octanol–water partition coefficient (Wildman–Crippen LogP) is 7.80. The Labute approximate surface area is 194 Å². The van der Waals surface area contributed by atoms with Crippen LogP contribution in [0.5, 0.6) is 11.5 Å². The highest BCUT2D eigenvalue weighted by Gasteiger charge is 2.16. The quantitative estimate of drug-likeness (QED) is 0.206. The molecule has 0 aliphatic rings. The van der Waals surface area contributed by atoms with Crippen LogP contribution in [-0.2, 0) is 0 Å². The van der Waals surface area contributed by atoms with E-state index in [2.05, 4.69) is 78.9 Å². The first-order valence-electron chi connectivity index (χ1n) is 10.7. The number of methoxy groups -OCH3 is 1. The van der Waals surface area contributed by atoms with Crippen molar-refractivity contribution in [2.45, 2.75) is 11.8 Å². The third-order valence-electron chi connectivity index (χ3n) is 5.06. The molecule has 0 radical (unpaired) electrons. The van der Waals surface area contributed by atoms with Gasteiger partial charge >= 0.3 is 0 Å². The van der Waals surface area contributed by atoms with Gasteiger partial charge in [-0.1, -0.05) is 84.6 Å². The summed E-state index contributed by atoms with van der Waals surface area (Å²) in [6, 6.07) is 37.7. The van der Waals surface area contributed by atoms with Gasteiger partial charge in [0.2, 0.25) is 0 Å². The van der Waals surface area contributed by atoms with Gasteiger partial charge < -0.3 is 9.47 Å². The molecular formula is C29H26O2S. The second-order valence-electron chi connectivity index (χ2n) is 7.17. The fourth-order valence-corrected chi connectivity index (χ4v) is 4.64. The van der Waals surface area contributed by atoms with Crippen molar-refractivity contribution in [1.29, 1.82) is 0 Å². The number of benzene rings is 4. The standard InChI is InChI=1S/C29H26O2S/c1-3-31-26-20-16-24(17-21-26)29(32-27-12-8-5-9-13-27)28(22-10-6-4-7-11-22)23-14-18-25(30-2)19-15-23/h4-21H,3H2,1-2H3/b29-28+. The van der Waals surface area contributed by atoms with Crippen LogP contribution < -0.4 is 9.47 Å². The molecule has 4 aromatic carbocycles.